The van der Waals surface area contributed by atoms with E-state index < -0.39 is 0 Å². The van der Waals surface area contributed by atoms with E-state index >= 15 is 0 Å². The second kappa shape index (κ2) is 5.54. The van der Waals surface area contributed by atoms with E-state index in [9.17, 15) is 5.26 Å². The van der Waals surface area contributed by atoms with Crippen LogP contribution in [0.3, 0.4) is 0 Å². The summed E-state index contributed by atoms with van der Waals surface area (Å²) >= 11 is 0. The first-order valence-corrected chi connectivity index (χ1v) is 7.34. The second-order valence-corrected chi connectivity index (χ2v) is 5.62. The Morgan fingerprint density at radius 1 is 1.05 bits per heavy atom. The highest BCUT2D eigenvalue weighted by molar-refractivity contribution is 5.94. The third-order valence-corrected chi connectivity index (χ3v) is 4.30. The van der Waals surface area contributed by atoms with E-state index in [-0.39, 0.29) is 0 Å². The number of hydrogen-bond donors (Lipinski definition) is 0. The van der Waals surface area contributed by atoms with Gasteiger partial charge < -0.3 is 4.57 Å². The minimum absolute atomic E-state index is 0.694. The fourth-order valence-electron chi connectivity index (χ4n) is 2.72. The zero-order valence-electron chi connectivity index (χ0n) is 13.1. The molecule has 0 aliphatic heterocycles. The van der Waals surface area contributed by atoms with Crippen molar-refractivity contribution in [1.82, 2.24) is 4.57 Å². The molecule has 0 amide bonds. The van der Waals surface area contributed by atoms with Gasteiger partial charge in [-0.15, -0.1) is 0 Å². The summed E-state index contributed by atoms with van der Waals surface area (Å²) in [4.78, 5) is 0. The fourth-order valence-corrected chi connectivity index (χ4v) is 2.72. The standard InChI is InChI=1S/C20H18N2/c1-14-10-19(15(2)22(14)3)12-20(13-21)18-9-8-16-6-4-5-7-17(16)11-18/h4-12H,1-3H3/b20-12-. The number of benzene rings is 2. The van der Waals surface area contributed by atoms with Crippen LogP contribution in [0.15, 0.2) is 48.5 Å². The van der Waals surface area contributed by atoms with Crippen LogP contribution in [-0.2, 0) is 7.05 Å². The first-order chi connectivity index (χ1) is 10.6. The third kappa shape index (κ3) is 2.42. The van der Waals surface area contributed by atoms with Crippen molar-refractivity contribution in [2.75, 3.05) is 0 Å². The fraction of sp³-hybridized carbons (Fsp3) is 0.150. The molecule has 0 saturated heterocycles. The lowest BCUT2D eigenvalue weighted by Gasteiger charge is -2.03. The minimum Gasteiger partial charge on any atom is -0.352 e. The van der Waals surface area contributed by atoms with Gasteiger partial charge in [-0.3, -0.25) is 0 Å². The van der Waals surface area contributed by atoms with Crippen LogP contribution in [-0.4, -0.2) is 4.57 Å². The normalized spacial score (nSPS) is 11.6. The van der Waals surface area contributed by atoms with E-state index in [2.05, 4.69) is 54.8 Å². The molecule has 0 fully saturated rings. The summed E-state index contributed by atoms with van der Waals surface area (Å²) in [5.41, 5.74) is 5.12. The molecule has 1 heterocycles. The van der Waals surface area contributed by atoms with Crippen LogP contribution in [0.4, 0.5) is 0 Å². The Kier molecular flexibility index (Phi) is 3.56. The monoisotopic (exact) mass is 286 g/mol. The average Bonchev–Trinajstić information content (AvgIpc) is 2.79. The van der Waals surface area contributed by atoms with Crippen molar-refractivity contribution in [3.8, 4) is 6.07 Å². The number of fused-ring (bicyclic) bond motifs is 1. The molecule has 3 rings (SSSR count). The van der Waals surface area contributed by atoms with Gasteiger partial charge in [-0.05, 0) is 54.0 Å². The van der Waals surface area contributed by atoms with Crippen LogP contribution in [0, 0.1) is 25.2 Å². The van der Waals surface area contributed by atoms with E-state index in [0.717, 1.165) is 16.5 Å². The van der Waals surface area contributed by atoms with Gasteiger partial charge in [0.05, 0.1) is 11.6 Å². The van der Waals surface area contributed by atoms with Crippen molar-refractivity contribution in [2.45, 2.75) is 13.8 Å². The molecule has 2 aromatic carbocycles. The third-order valence-electron chi connectivity index (χ3n) is 4.30. The van der Waals surface area contributed by atoms with Crippen LogP contribution in [0.25, 0.3) is 22.4 Å². The van der Waals surface area contributed by atoms with E-state index in [0.29, 0.717) is 5.57 Å². The molecule has 0 saturated carbocycles. The van der Waals surface area contributed by atoms with Crippen LogP contribution < -0.4 is 0 Å². The smallest absolute Gasteiger partial charge is 0.0998 e. The molecule has 0 bridgehead atoms. The van der Waals surface area contributed by atoms with E-state index in [1.54, 1.807) is 0 Å². The highest BCUT2D eigenvalue weighted by Crippen LogP contribution is 2.24. The maximum absolute atomic E-state index is 9.55. The summed E-state index contributed by atoms with van der Waals surface area (Å²) in [5.74, 6) is 0. The lowest BCUT2D eigenvalue weighted by molar-refractivity contribution is 0.843. The summed E-state index contributed by atoms with van der Waals surface area (Å²) in [6.07, 6.45) is 1.98. The number of aryl methyl sites for hydroxylation is 1. The predicted molar refractivity (Wildman–Crippen MR) is 92.3 cm³/mol. The number of nitriles is 1. The molecule has 0 aliphatic rings. The molecule has 0 spiro atoms. The van der Waals surface area contributed by atoms with Gasteiger partial charge in [0.25, 0.3) is 0 Å². The molecule has 0 radical (unpaired) electrons. The number of hydrogen-bond acceptors (Lipinski definition) is 1. The number of rotatable bonds is 2. The lowest BCUT2D eigenvalue weighted by atomic mass is 10.0. The summed E-state index contributed by atoms with van der Waals surface area (Å²) < 4.78 is 2.14. The summed E-state index contributed by atoms with van der Waals surface area (Å²) in [5, 5.41) is 11.9. The van der Waals surface area contributed by atoms with Crippen molar-refractivity contribution in [3.05, 3.63) is 71.0 Å². The molecule has 3 aromatic rings. The Morgan fingerprint density at radius 3 is 2.41 bits per heavy atom. The van der Waals surface area contributed by atoms with Crippen LogP contribution >= 0.6 is 0 Å². The van der Waals surface area contributed by atoms with Gasteiger partial charge in [0, 0.05) is 18.4 Å². The summed E-state index contributed by atoms with van der Waals surface area (Å²) in [6.45, 7) is 4.15. The molecule has 1 aromatic heterocycles. The Morgan fingerprint density at radius 2 is 1.77 bits per heavy atom. The maximum Gasteiger partial charge on any atom is 0.0998 e. The maximum atomic E-state index is 9.55. The second-order valence-electron chi connectivity index (χ2n) is 5.62. The lowest BCUT2D eigenvalue weighted by Crippen LogP contribution is -1.93. The Hall–Kier alpha value is -2.79. The summed E-state index contributed by atoms with van der Waals surface area (Å²) in [6, 6.07) is 18.8. The van der Waals surface area contributed by atoms with Gasteiger partial charge in [0.15, 0.2) is 0 Å². The predicted octanol–water partition coefficient (Wildman–Crippen LogP) is 4.86. The zero-order valence-corrected chi connectivity index (χ0v) is 13.1. The van der Waals surface area contributed by atoms with Crippen molar-refractivity contribution in [3.63, 3.8) is 0 Å². The molecular formula is C20H18N2. The van der Waals surface area contributed by atoms with E-state index in [1.165, 1.54) is 16.8 Å². The Labute approximate surface area is 130 Å². The van der Waals surface area contributed by atoms with Gasteiger partial charge in [-0.25, -0.2) is 0 Å². The van der Waals surface area contributed by atoms with Gasteiger partial charge in [-0.1, -0.05) is 36.4 Å². The van der Waals surface area contributed by atoms with Crippen molar-refractivity contribution in [2.24, 2.45) is 7.05 Å². The van der Waals surface area contributed by atoms with E-state index in [4.69, 9.17) is 0 Å². The zero-order chi connectivity index (χ0) is 15.7. The van der Waals surface area contributed by atoms with Gasteiger partial charge in [0.1, 0.15) is 0 Å². The van der Waals surface area contributed by atoms with Crippen molar-refractivity contribution < 1.29 is 0 Å². The minimum atomic E-state index is 0.694. The molecule has 22 heavy (non-hydrogen) atoms. The van der Waals surface area contributed by atoms with E-state index in [1.807, 2.05) is 31.3 Å². The average molecular weight is 286 g/mol. The van der Waals surface area contributed by atoms with Crippen LogP contribution in [0.2, 0.25) is 0 Å². The van der Waals surface area contributed by atoms with Crippen LogP contribution in [0.1, 0.15) is 22.5 Å². The highest BCUT2D eigenvalue weighted by atomic mass is 14.9. The Bertz CT molecular complexity index is 921. The topological polar surface area (TPSA) is 28.7 Å². The molecule has 108 valence electrons. The first kappa shape index (κ1) is 14.2. The molecule has 0 aliphatic carbocycles. The molecule has 2 nitrogen and oxygen atoms in total. The molecular weight excluding hydrogens is 268 g/mol. The number of nitrogens with zero attached hydrogens (tertiary/aromatic N) is 2. The molecule has 0 atom stereocenters. The molecule has 0 N–H and O–H groups in total. The number of allylic oxidation sites excluding steroid dienone is 1. The first-order valence-electron chi connectivity index (χ1n) is 7.34. The Balaban J connectivity index is 2.11. The van der Waals surface area contributed by atoms with Crippen LogP contribution in [0.5, 0.6) is 0 Å². The van der Waals surface area contributed by atoms with Gasteiger partial charge >= 0.3 is 0 Å². The quantitative estimate of drug-likeness (QED) is 0.618. The highest BCUT2D eigenvalue weighted by Gasteiger charge is 2.07. The van der Waals surface area contributed by atoms with Gasteiger partial charge in [-0.2, -0.15) is 5.26 Å². The molecule has 0 unspecified atom stereocenters. The largest absolute Gasteiger partial charge is 0.352 e. The van der Waals surface area contributed by atoms with Crippen molar-refractivity contribution in [1.29, 1.82) is 5.26 Å². The molecule has 2 heteroatoms. The van der Waals surface area contributed by atoms with Gasteiger partial charge in [0.2, 0.25) is 0 Å². The summed E-state index contributed by atoms with van der Waals surface area (Å²) in [7, 11) is 2.05. The number of aromatic nitrogens is 1. The SMILES string of the molecule is Cc1cc(/C=C(/C#N)c2ccc3ccccc3c2)c(C)n1C. The van der Waals surface area contributed by atoms with Crippen molar-refractivity contribution >= 4 is 22.4 Å².